The molecule has 18 heavy (non-hydrogen) atoms. The first kappa shape index (κ1) is 15.5. The second-order valence-electron chi connectivity index (χ2n) is 6.10. The largest absolute Gasteiger partial charge is 0.391 e. The summed E-state index contributed by atoms with van der Waals surface area (Å²) in [5.74, 6) is 1.37. The first-order chi connectivity index (χ1) is 8.40. The van der Waals surface area contributed by atoms with Crippen LogP contribution in [0.25, 0.3) is 0 Å². The number of nitriles is 1. The maximum Gasteiger partial charge on any atom is 0.154 e. The van der Waals surface area contributed by atoms with E-state index in [-0.39, 0.29) is 6.10 Å². The molecule has 0 radical (unpaired) electrons. The minimum atomic E-state index is -0.681. The van der Waals surface area contributed by atoms with Gasteiger partial charge in [-0.05, 0) is 51.4 Å². The Bertz CT molecular complexity index is 295. The third-order valence-corrected chi connectivity index (χ3v) is 4.31. The van der Waals surface area contributed by atoms with Gasteiger partial charge >= 0.3 is 0 Å². The number of rotatable bonds is 4. The fraction of sp³-hybridized carbons (Fsp3) is 0.933. The summed E-state index contributed by atoms with van der Waals surface area (Å²) in [5.41, 5.74) is -0.681. The first-order valence-electron chi connectivity index (χ1n) is 7.17. The molecular formula is C15H27NO2. The van der Waals surface area contributed by atoms with Crippen molar-refractivity contribution in [3.05, 3.63) is 0 Å². The quantitative estimate of drug-likeness (QED) is 0.782. The van der Waals surface area contributed by atoms with Gasteiger partial charge in [0.1, 0.15) is 0 Å². The van der Waals surface area contributed by atoms with Gasteiger partial charge in [-0.25, -0.2) is 0 Å². The summed E-state index contributed by atoms with van der Waals surface area (Å²) in [6.07, 6.45) is 4.07. The van der Waals surface area contributed by atoms with Crippen LogP contribution in [0.15, 0.2) is 0 Å². The van der Waals surface area contributed by atoms with Gasteiger partial charge in [0.2, 0.25) is 0 Å². The summed E-state index contributed by atoms with van der Waals surface area (Å²) < 4.78 is 5.89. The molecule has 4 atom stereocenters. The second kappa shape index (κ2) is 6.54. The zero-order valence-corrected chi connectivity index (χ0v) is 12.1. The zero-order valence-electron chi connectivity index (χ0n) is 12.1. The molecule has 0 aliphatic heterocycles. The van der Waals surface area contributed by atoms with Crippen molar-refractivity contribution in [1.82, 2.24) is 0 Å². The fourth-order valence-corrected chi connectivity index (χ4v) is 2.71. The number of nitrogens with zero attached hydrogens (tertiary/aromatic N) is 1. The zero-order chi connectivity index (χ0) is 13.8. The van der Waals surface area contributed by atoms with Crippen molar-refractivity contribution >= 4 is 0 Å². The summed E-state index contributed by atoms with van der Waals surface area (Å²) in [6.45, 7) is 8.06. The molecule has 3 nitrogen and oxygen atoms in total. The molecule has 0 aromatic rings. The summed E-state index contributed by atoms with van der Waals surface area (Å²) in [6, 6.07) is 2.37. The van der Waals surface area contributed by atoms with E-state index in [1.807, 2.05) is 6.92 Å². The molecule has 0 heterocycles. The Morgan fingerprint density at radius 2 is 1.89 bits per heavy atom. The Morgan fingerprint density at radius 1 is 1.22 bits per heavy atom. The third-order valence-electron chi connectivity index (χ3n) is 4.31. The molecule has 1 aliphatic rings. The Morgan fingerprint density at radius 3 is 2.39 bits per heavy atom. The van der Waals surface area contributed by atoms with Crippen LogP contribution in [0, 0.1) is 23.2 Å². The summed E-state index contributed by atoms with van der Waals surface area (Å²) in [4.78, 5) is 0. The Hall–Kier alpha value is -0.590. The number of hydrogen-bond acceptors (Lipinski definition) is 3. The van der Waals surface area contributed by atoms with Gasteiger partial charge in [-0.2, -0.15) is 5.26 Å². The molecule has 0 bridgehead atoms. The molecule has 0 aromatic heterocycles. The molecule has 0 saturated heterocycles. The standard InChI is InChI=1S/C15H27NO2/c1-11(2)14-6-5-8-15(10-16,9-7-14)18-13(4)12(3)17/h11-14,17H,5-9H2,1-4H3. The topological polar surface area (TPSA) is 53.2 Å². The molecule has 0 spiro atoms. The van der Waals surface area contributed by atoms with Gasteiger partial charge in [0.05, 0.1) is 18.3 Å². The van der Waals surface area contributed by atoms with Crippen molar-refractivity contribution in [3.8, 4) is 6.07 Å². The molecular weight excluding hydrogens is 226 g/mol. The highest BCUT2D eigenvalue weighted by molar-refractivity contribution is 5.04. The number of ether oxygens (including phenoxy) is 1. The highest BCUT2D eigenvalue weighted by Gasteiger charge is 2.37. The lowest BCUT2D eigenvalue weighted by Crippen LogP contribution is -2.38. The molecule has 3 heteroatoms. The van der Waals surface area contributed by atoms with Crippen molar-refractivity contribution in [3.63, 3.8) is 0 Å². The highest BCUT2D eigenvalue weighted by atomic mass is 16.5. The average molecular weight is 253 g/mol. The fourth-order valence-electron chi connectivity index (χ4n) is 2.71. The van der Waals surface area contributed by atoms with E-state index in [9.17, 15) is 10.4 Å². The van der Waals surface area contributed by atoms with Crippen molar-refractivity contribution in [1.29, 1.82) is 5.26 Å². The van der Waals surface area contributed by atoms with Crippen LogP contribution in [0.2, 0.25) is 0 Å². The van der Waals surface area contributed by atoms with Gasteiger partial charge in [-0.3, -0.25) is 0 Å². The first-order valence-corrected chi connectivity index (χ1v) is 7.17. The van der Waals surface area contributed by atoms with E-state index in [1.54, 1.807) is 6.92 Å². The average Bonchev–Trinajstić information content (AvgIpc) is 2.52. The van der Waals surface area contributed by atoms with E-state index in [0.717, 1.165) is 25.7 Å². The van der Waals surface area contributed by atoms with Crippen molar-refractivity contribution in [2.24, 2.45) is 11.8 Å². The van der Waals surface area contributed by atoms with E-state index in [1.165, 1.54) is 6.42 Å². The van der Waals surface area contributed by atoms with Crippen molar-refractivity contribution in [2.45, 2.75) is 77.6 Å². The van der Waals surface area contributed by atoms with Gasteiger partial charge in [0.15, 0.2) is 5.60 Å². The molecule has 4 unspecified atom stereocenters. The van der Waals surface area contributed by atoms with E-state index < -0.39 is 11.7 Å². The van der Waals surface area contributed by atoms with E-state index in [4.69, 9.17) is 4.74 Å². The number of aliphatic hydroxyl groups excluding tert-OH is 1. The molecule has 0 amide bonds. The van der Waals surface area contributed by atoms with Crippen LogP contribution in [0.4, 0.5) is 0 Å². The Labute approximate surface area is 111 Å². The lowest BCUT2D eigenvalue weighted by Gasteiger charge is -2.30. The second-order valence-corrected chi connectivity index (χ2v) is 6.10. The van der Waals surface area contributed by atoms with Crippen LogP contribution in [-0.2, 0) is 4.74 Å². The predicted octanol–water partition coefficient (Wildman–Crippen LogP) is 3.27. The van der Waals surface area contributed by atoms with Crippen molar-refractivity contribution < 1.29 is 9.84 Å². The number of hydrogen-bond donors (Lipinski definition) is 1. The lowest BCUT2D eigenvalue weighted by molar-refractivity contribution is -0.102. The normalized spacial score (nSPS) is 32.6. The maximum atomic E-state index is 9.54. The molecule has 1 aliphatic carbocycles. The maximum absolute atomic E-state index is 9.54. The minimum Gasteiger partial charge on any atom is -0.391 e. The van der Waals surface area contributed by atoms with Crippen LogP contribution in [0.3, 0.4) is 0 Å². The van der Waals surface area contributed by atoms with E-state index in [2.05, 4.69) is 19.9 Å². The van der Waals surface area contributed by atoms with E-state index >= 15 is 0 Å². The summed E-state index contributed by atoms with van der Waals surface area (Å²) in [5, 5.41) is 19.0. The van der Waals surface area contributed by atoms with Gasteiger partial charge < -0.3 is 9.84 Å². The van der Waals surface area contributed by atoms with Gasteiger partial charge in [-0.1, -0.05) is 20.3 Å². The highest BCUT2D eigenvalue weighted by Crippen LogP contribution is 2.36. The van der Waals surface area contributed by atoms with Gasteiger partial charge in [0.25, 0.3) is 0 Å². The van der Waals surface area contributed by atoms with Crippen LogP contribution >= 0.6 is 0 Å². The molecule has 1 N–H and O–H groups in total. The summed E-state index contributed by atoms with van der Waals surface area (Å²) in [7, 11) is 0. The molecule has 104 valence electrons. The van der Waals surface area contributed by atoms with Gasteiger partial charge in [-0.15, -0.1) is 0 Å². The Kier molecular flexibility index (Phi) is 5.62. The minimum absolute atomic E-state index is 0.278. The molecule has 1 saturated carbocycles. The monoisotopic (exact) mass is 253 g/mol. The van der Waals surface area contributed by atoms with E-state index in [0.29, 0.717) is 11.8 Å². The SMILES string of the molecule is CC(C)C1CCCC(C#N)(OC(C)C(C)O)CC1. The molecule has 0 aromatic carbocycles. The van der Waals surface area contributed by atoms with Crippen LogP contribution in [0.1, 0.15) is 59.8 Å². The van der Waals surface area contributed by atoms with Gasteiger partial charge in [0, 0.05) is 0 Å². The van der Waals surface area contributed by atoms with Crippen LogP contribution in [0.5, 0.6) is 0 Å². The third kappa shape index (κ3) is 3.96. The van der Waals surface area contributed by atoms with Crippen LogP contribution < -0.4 is 0 Å². The smallest absolute Gasteiger partial charge is 0.154 e. The van der Waals surface area contributed by atoms with Crippen LogP contribution in [-0.4, -0.2) is 22.9 Å². The van der Waals surface area contributed by atoms with Crippen molar-refractivity contribution in [2.75, 3.05) is 0 Å². The number of aliphatic hydroxyl groups is 1. The Balaban J connectivity index is 2.68. The summed E-state index contributed by atoms with van der Waals surface area (Å²) >= 11 is 0. The predicted molar refractivity (Wildman–Crippen MR) is 72.0 cm³/mol. The lowest BCUT2D eigenvalue weighted by atomic mass is 9.88. The molecule has 1 fully saturated rings. The molecule has 1 rings (SSSR count).